The molecule has 0 unspecified atom stereocenters. The molecule has 0 bridgehead atoms. The second-order valence-corrected chi connectivity index (χ2v) is 4.19. The van der Waals surface area contributed by atoms with Crippen LogP contribution in [-0.4, -0.2) is 16.6 Å². The van der Waals surface area contributed by atoms with Gasteiger partial charge in [0.25, 0.3) is 0 Å². The molecule has 0 saturated carbocycles. The molecule has 0 radical (unpaired) electrons. The maximum Gasteiger partial charge on any atom is 0.121 e. The van der Waals surface area contributed by atoms with Crippen LogP contribution in [0.2, 0.25) is 0 Å². The molecule has 1 aromatic carbocycles. The van der Waals surface area contributed by atoms with Crippen molar-refractivity contribution in [1.29, 1.82) is 5.26 Å². The van der Waals surface area contributed by atoms with Crippen LogP contribution in [0.4, 0.5) is 5.69 Å². The van der Waals surface area contributed by atoms with Crippen molar-refractivity contribution in [3.63, 3.8) is 0 Å². The fourth-order valence-corrected chi connectivity index (χ4v) is 1.65. The second-order valence-electron chi connectivity index (χ2n) is 4.19. The lowest BCUT2D eigenvalue weighted by atomic mass is 10.3. The van der Waals surface area contributed by atoms with E-state index in [0.717, 1.165) is 23.6 Å². The van der Waals surface area contributed by atoms with Gasteiger partial charge in [0, 0.05) is 24.4 Å². The Morgan fingerprint density at radius 1 is 1.30 bits per heavy atom. The predicted octanol–water partition coefficient (Wildman–Crippen LogP) is 2.77. The first-order valence-corrected chi connectivity index (χ1v) is 6.47. The first-order valence-electron chi connectivity index (χ1n) is 6.47. The summed E-state index contributed by atoms with van der Waals surface area (Å²) >= 11 is 0. The van der Waals surface area contributed by atoms with Gasteiger partial charge in [-0.05, 0) is 24.6 Å². The predicted molar refractivity (Wildman–Crippen MR) is 76.1 cm³/mol. The van der Waals surface area contributed by atoms with E-state index >= 15 is 0 Å². The van der Waals surface area contributed by atoms with Crippen molar-refractivity contribution in [2.24, 2.45) is 0 Å². The summed E-state index contributed by atoms with van der Waals surface area (Å²) in [5, 5.41) is 11.7. The second kappa shape index (κ2) is 7.74. The number of anilines is 1. The van der Waals surface area contributed by atoms with E-state index in [4.69, 9.17) is 10.00 Å². The normalized spacial score (nSPS) is 9.75. The Balaban J connectivity index is 1.85. The van der Waals surface area contributed by atoms with Gasteiger partial charge in [-0.1, -0.05) is 6.07 Å². The Morgan fingerprint density at radius 3 is 3.05 bits per heavy atom. The van der Waals surface area contributed by atoms with Gasteiger partial charge >= 0.3 is 0 Å². The van der Waals surface area contributed by atoms with Crippen LogP contribution in [-0.2, 0) is 6.54 Å². The summed E-state index contributed by atoms with van der Waals surface area (Å²) in [6.45, 7) is 1.20. The largest absolute Gasteiger partial charge is 0.493 e. The van der Waals surface area contributed by atoms with Gasteiger partial charge in [-0.25, -0.2) is 9.97 Å². The molecule has 0 aliphatic carbocycles. The highest BCUT2D eigenvalue weighted by molar-refractivity contribution is 5.48. The van der Waals surface area contributed by atoms with Crippen LogP contribution < -0.4 is 10.1 Å². The van der Waals surface area contributed by atoms with Gasteiger partial charge in [0.15, 0.2) is 0 Å². The average molecular weight is 268 g/mol. The molecule has 0 fully saturated rings. The average Bonchev–Trinajstić information content (AvgIpc) is 2.51. The quantitative estimate of drug-likeness (QED) is 0.782. The number of ether oxygens (including phenoxy) is 1. The topological polar surface area (TPSA) is 70.8 Å². The molecule has 1 aromatic heterocycles. The summed E-state index contributed by atoms with van der Waals surface area (Å²) in [4.78, 5) is 8.03. The van der Waals surface area contributed by atoms with Crippen molar-refractivity contribution in [2.75, 3.05) is 11.9 Å². The van der Waals surface area contributed by atoms with Crippen molar-refractivity contribution < 1.29 is 4.74 Å². The third-order valence-electron chi connectivity index (χ3n) is 2.65. The van der Waals surface area contributed by atoms with Crippen LogP contribution in [0.25, 0.3) is 0 Å². The van der Waals surface area contributed by atoms with Gasteiger partial charge in [-0.3, -0.25) is 0 Å². The molecule has 0 atom stereocenters. The summed E-state index contributed by atoms with van der Waals surface area (Å²) in [5.41, 5.74) is 1.90. The third kappa shape index (κ3) is 4.58. The van der Waals surface area contributed by atoms with Crippen molar-refractivity contribution in [1.82, 2.24) is 9.97 Å². The molecule has 2 aromatic rings. The lowest BCUT2D eigenvalue weighted by molar-refractivity contribution is 0.313. The number of nitrogens with zero attached hydrogens (tertiary/aromatic N) is 3. The summed E-state index contributed by atoms with van der Waals surface area (Å²) in [6, 6.07) is 11.7. The molecule has 5 nitrogen and oxygen atoms in total. The standard InChI is InChI=1S/C15H16N4O/c16-7-1-2-9-20-15-5-3-4-13(10-15)18-11-14-6-8-17-12-19-14/h3-6,8,10,12,18H,1-2,9,11H2. The molecule has 0 spiro atoms. The molecule has 0 aliphatic rings. The molecule has 0 amide bonds. The summed E-state index contributed by atoms with van der Waals surface area (Å²) in [7, 11) is 0. The Kier molecular flexibility index (Phi) is 5.35. The maximum absolute atomic E-state index is 8.46. The number of nitrogens with one attached hydrogen (secondary N) is 1. The minimum Gasteiger partial charge on any atom is -0.493 e. The van der Waals surface area contributed by atoms with Crippen molar-refractivity contribution in [3.05, 3.63) is 48.5 Å². The zero-order valence-electron chi connectivity index (χ0n) is 11.1. The van der Waals surface area contributed by atoms with Gasteiger partial charge in [0.2, 0.25) is 0 Å². The molecule has 0 saturated heterocycles. The molecule has 2 rings (SSSR count). The van der Waals surface area contributed by atoms with Gasteiger partial charge < -0.3 is 10.1 Å². The molecule has 0 aliphatic heterocycles. The van der Waals surface area contributed by atoms with E-state index in [2.05, 4.69) is 21.4 Å². The van der Waals surface area contributed by atoms with Crippen LogP contribution >= 0.6 is 0 Å². The monoisotopic (exact) mass is 268 g/mol. The van der Waals surface area contributed by atoms with Crippen LogP contribution in [0.15, 0.2) is 42.9 Å². The summed E-state index contributed by atoms with van der Waals surface area (Å²) < 4.78 is 5.58. The molecule has 102 valence electrons. The zero-order valence-corrected chi connectivity index (χ0v) is 11.1. The van der Waals surface area contributed by atoms with Crippen LogP contribution in [0.3, 0.4) is 0 Å². The Bertz CT molecular complexity index is 566. The fraction of sp³-hybridized carbons (Fsp3) is 0.267. The lowest BCUT2D eigenvalue weighted by Gasteiger charge is -2.09. The number of hydrogen-bond acceptors (Lipinski definition) is 5. The number of nitriles is 1. The smallest absolute Gasteiger partial charge is 0.121 e. The van der Waals surface area contributed by atoms with Crippen LogP contribution in [0.5, 0.6) is 5.75 Å². The van der Waals surface area contributed by atoms with Gasteiger partial charge in [-0.15, -0.1) is 0 Å². The highest BCUT2D eigenvalue weighted by Gasteiger charge is 1.98. The number of benzene rings is 1. The maximum atomic E-state index is 8.46. The minimum atomic E-state index is 0.519. The number of hydrogen-bond donors (Lipinski definition) is 1. The van der Waals surface area contributed by atoms with E-state index in [-0.39, 0.29) is 0 Å². The molecule has 1 heterocycles. The highest BCUT2D eigenvalue weighted by atomic mass is 16.5. The SMILES string of the molecule is N#CCCCOc1cccc(NCc2ccncn2)c1. The molecule has 20 heavy (non-hydrogen) atoms. The fourth-order valence-electron chi connectivity index (χ4n) is 1.65. The lowest BCUT2D eigenvalue weighted by Crippen LogP contribution is -2.02. The Hall–Kier alpha value is -2.61. The summed E-state index contributed by atoms with van der Waals surface area (Å²) in [6.07, 6.45) is 4.52. The van der Waals surface area contributed by atoms with Crippen LogP contribution in [0.1, 0.15) is 18.5 Å². The van der Waals surface area contributed by atoms with Gasteiger partial charge in [0.05, 0.1) is 24.9 Å². The Labute approximate surface area is 118 Å². The van der Waals surface area contributed by atoms with E-state index < -0.39 is 0 Å². The van der Waals surface area contributed by atoms with E-state index in [1.165, 1.54) is 6.33 Å². The molecule has 5 heteroatoms. The van der Waals surface area contributed by atoms with E-state index in [0.29, 0.717) is 19.6 Å². The highest BCUT2D eigenvalue weighted by Crippen LogP contribution is 2.18. The number of unbranched alkanes of at least 4 members (excludes halogenated alkanes) is 1. The van der Waals surface area contributed by atoms with E-state index in [9.17, 15) is 0 Å². The molecular weight excluding hydrogens is 252 g/mol. The first-order chi connectivity index (χ1) is 9.88. The van der Waals surface area contributed by atoms with Gasteiger partial charge in [0.1, 0.15) is 12.1 Å². The van der Waals surface area contributed by atoms with Crippen molar-refractivity contribution >= 4 is 5.69 Å². The summed E-state index contributed by atoms with van der Waals surface area (Å²) in [5.74, 6) is 0.802. The molecular formula is C15H16N4O. The van der Waals surface area contributed by atoms with Crippen LogP contribution in [0, 0.1) is 11.3 Å². The third-order valence-corrected chi connectivity index (χ3v) is 2.65. The van der Waals surface area contributed by atoms with E-state index in [1.807, 2.05) is 30.3 Å². The minimum absolute atomic E-state index is 0.519. The zero-order chi connectivity index (χ0) is 14.0. The number of aromatic nitrogens is 2. The van der Waals surface area contributed by atoms with Crippen molar-refractivity contribution in [3.8, 4) is 11.8 Å². The van der Waals surface area contributed by atoms with Crippen molar-refractivity contribution in [2.45, 2.75) is 19.4 Å². The molecule has 1 N–H and O–H groups in total. The van der Waals surface area contributed by atoms with Gasteiger partial charge in [-0.2, -0.15) is 5.26 Å². The van der Waals surface area contributed by atoms with E-state index in [1.54, 1.807) is 6.20 Å². The first kappa shape index (κ1) is 13.8. The Morgan fingerprint density at radius 2 is 2.25 bits per heavy atom. The number of rotatable bonds is 7.